The number of benzene rings is 2. The molecule has 0 fully saturated rings. The summed E-state index contributed by atoms with van der Waals surface area (Å²) in [6.07, 6.45) is 0. The second kappa shape index (κ2) is 5.81. The largest absolute Gasteiger partial charge is 0.383 e. The van der Waals surface area contributed by atoms with Gasteiger partial charge in [-0.1, -0.05) is 46.3 Å². The Bertz CT molecular complexity index is 797. The monoisotopic (exact) mass is 453 g/mol. The van der Waals surface area contributed by atoms with Crippen LogP contribution in [0.3, 0.4) is 0 Å². The number of hydrogen-bond donors (Lipinski definition) is 1. The summed E-state index contributed by atoms with van der Waals surface area (Å²) in [6, 6.07) is 16.3. The molecule has 0 unspecified atom stereocenters. The Balaban J connectivity index is 2.29. The van der Waals surface area contributed by atoms with Gasteiger partial charge in [-0.3, -0.25) is 4.68 Å². The third-order valence-corrected chi connectivity index (χ3v) is 4.70. The SMILES string of the molecule is Cn1nc(-c2cc(I)ccc2Br)c(-c2ccccc2)c1N. The van der Waals surface area contributed by atoms with Crippen LogP contribution in [0.4, 0.5) is 5.82 Å². The average Bonchev–Trinajstić information content (AvgIpc) is 2.78. The molecule has 0 amide bonds. The lowest BCUT2D eigenvalue weighted by Gasteiger charge is -2.06. The lowest BCUT2D eigenvalue weighted by Crippen LogP contribution is -1.97. The molecule has 0 radical (unpaired) electrons. The summed E-state index contributed by atoms with van der Waals surface area (Å²) in [7, 11) is 1.87. The van der Waals surface area contributed by atoms with Gasteiger partial charge in [0.2, 0.25) is 0 Å². The topological polar surface area (TPSA) is 43.8 Å². The van der Waals surface area contributed by atoms with Gasteiger partial charge in [-0.15, -0.1) is 0 Å². The molecule has 5 heteroatoms. The van der Waals surface area contributed by atoms with Crippen molar-refractivity contribution in [2.24, 2.45) is 7.05 Å². The van der Waals surface area contributed by atoms with E-state index in [1.807, 2.05) is 31.3 Å². The van der Waals surface area contributed by atoms with E-state index in [0.29, 0.717) is 5.82 Å². The van der Waals surface area contributed by atoms with Crippen LogP contribution in [0.2, 0.25) is 0 Å². The molecular weight excluding hydrogens is 441 g/mol. The number of aryl methyl sites for hydroxylation is 1. The summed E-state index contributed by atoms with van der Waals surface area (Å²) in [5.41, 5.74) is 10.2. The summed E-state index contributed by atoms with van der Waals surface area (Å²) in [6.45, 7) is 0. The molecule has 106 valence electrons. The minimum atomic E-state index is 0.668. The lowest BCUT2D eigenvalue weighted by atomic mass is 10.0. The first-order valence-electron chi connectivity index (χ1n) is 6.41. The molecule has 0 bridgehead atoms. The van der Waals surface area contributed by atoms with Crippen LogP contribution in [0.15, 0.2) is 53.0 Å². The molecule has 3 rings (SSSR count). The normalized spacial score (nSPS) is 10.8. The maximum atomic E-state index is 6.24. The first-order chi connectivity index (χ1) is 10.1. The van der Waals surface area contributed by atoms with Crippen molar-refractivity contribution in [3.8, 4) is 22.4 Å². The zero-order valence-electron chi connectivity index (χ0n) is 11.3. The first kappa shape index (κ1) is 14.6. The van der Waals surface area contributed by atoms with Crippen LogP contribution >= 0.6 is 38.5 Å². The highest BCUT2D eigenvalue weighted by atomic mass is 127. The van der Waals surface area contributed by atoms with Gasteiger partial charge in [0.1, 0.15) is 11.5 Å². The van der Waals surface area contributed by atoms with Gasteiger partial charge in [-0.05, 0) is 46.4 Å². The van der Waals surface area contributed by atoms with Crippen molar-refractivity contribution in [2.45, 2.75) is 0 Å². The fraction of sp³-hybridized carbons (Fsp3) is 0.0625. The van der Waals surface area contributed by atoms with Gasteiger partial charge in [-0.25, -0.2) is 0 Å². The maximum Gasteiger partial charge on any atom is 0.129 e. The minimum Gasteiger partial charge on any atom is -0.383 e. The zero-order valence-corrected chi connectivity index (χ0v) is 15.1. The molecule has 0 saturated heterocycles. The van der Waals surface area contributed by atoms with Crippen LogP contribution in [-0.4, -0.2) is 9.78 Å². The Hall–Kier alpha value is -1.34. The molecule has 3 nitrogen and oxygen atoms in total. The van der Waals surface area contributed by atoms with Gasteiger partial charge >= 0.3 is 0 Å². The number of halogens is 2. The predicted molar refractivity (Wildman–Crippen MR) is 98.9 cm³/mol. The Morgan fingerprint density at radius 3 is 2.57 bits per heavy atom. The molecule has 1 heterocycles. The third-order valence-electron chi connectivity index (χ3n) is 3.34. The minimum absolute atomic E-state index is 0.668. The lowest BCUT2D eigenvalue weighted by molar-refractivity contribution is 0.782. The second-order valence-corrected chi connectivity index (χ2v) is 6.82. The summed E-state index contributed by atoms with van der Waals surface area (Å²) < 4.78 is 3.90. The summed E-state index contributed by atoms with van der Waals surface area (Å²) in [5.74, 6) is 0.668. The van der Waals surface area contributed by atoms with Crippen LogP contribution in [0.1, 0.15) is 0 Å². The second-order valence-electron chi connectivity index (χ2n) is 4.72. The van der Waals surface area contributed by atoms with E-state index >= 15 is 0 Å². The van der Waals surface area contributed by atoms with Crippen molar-refractivity contribution in [1.29, 1.82) is 0 Å². The highest BCUT2D eigenvalue weighted by Gasteiger charge is 2.19. The molecule has 0 aliphatic rings. The van der Waals surface area contributed by atoms with Gasteiger partial charge in [-0.2, -0.15) is 5.10 Å². The number of nitrogens with two attached hydrogens (primary N) is 1. The molecule has 2 N–H and O–H groups in total. The van der Waals surface area contributed by atoms with Crippen LogP contribution in [-0.2, 0) is 7.05 Å². The Morgan fingerprint density at radius 2 is 1.86 bits per heavy atom. The number of rotatable bonds is 2. The van der Waals surface area contributed by atoms with E-state index in [9.17, 15) is 0 Å². The van der Waals surface area contributed by atoms with E-state index in [-0.39, 0.29) is 0 Å². The number of anilines is 1. The van der Waals surface area contributed by atoms with Gasteiger partial charge in [0.15, 0.2) is 0 Å². The van der Waals surface area contributed by atoms with Gasteiger partial charge < -0.3 is 5.73 Å². The predicted octanol–water partition coefficient (Wildman–Crippen LogP) is 4.70. The Labute approximate surface area is 145 Å². The number of nitrogen functional groups attached to an aromatic ring is 1. The van der Waals surface area contributed by atoms with Crippen molar-refractivity contribution in [1.82, 2.24) is 9.78 Å². The smallest absolute Gasteiger partial charge is 0.129 e. The van der Waals surface area contributed by atoms with Gasteiger partial charge in [0, 0.05) is 20.7 Å². The molecule has 0 spiro atoms. The molecule has 0 aliphatic heterocycles. The van der Waals surface area contributed by atoms with Crippen LogP contribution in [0.25, 0.3) is 22.4 Å². The highest BCUT2D eigenvalue weighted by molar-refractivity contribution is 14.1. The summed E-state index contributed by atoms with van der Waals surface area (Å²) >= 11 is 5.92. The number of nitrogens with zero attached hydrogens (tertiary/aromatic N) is 2. The molecule has 2 aromatic carbocycles. The summed E-state index contributed by atoms with van der Waals surface area (Å²) in [4.78, 5) is 0. The van der Waals surface area contributed by atoms with Crippen LogP contribution < -0.4 is 5.73 Å². The zero-order chi connectivity index (χ0) is 15.0. The molecule has 0 saturated carbocycles. The van der Waals surface area contributed by atoms with E-state index in [2.05, 4.69) is 67.9 Å². The van der Waals surface area contributed by atoms with E-state index in [1.165, 1.54) is 0 Å². The van der Waals surface area contributed by atoms with Crippen LogP contribution in [0, 0.1) is 3.57 Å². The van der Waals surface area contributed by atoms with Gasteiger partial charge in [0.05, 0.1) is 5.56 Å². The van der Waals surface area contributed by atoms with Crippen molar-refractivity contribution >= 4 is 44.3 Å². The maximum absolute atomic E-state index is 6.24. The van der Waals surface area contributed by atoms with Crippen LogP contribution in [0.5, 0.6) is 0 Å². The van der Waals surface area contributed by atoms with E-state index < -0.39 is 0 Å². The Morgan fingerprint density at radius 1 is 1.14 bits per heavy atom. The fourth-order valence-corrected chi connectivity index (χ4v) is 3.22. The average molecular weight is 454 g/mol. The van der Waals surface area contributed by atoms with E-state index in [1.54, 1.807) is 4.68 Å². The number of aromatic nitrogens is 2. The molecule has 0 aliphatic carbocycles. The molecular formula is C16H13BrIN3. The standard InChI is InChI=1S/C16H13BrIN3/c1-21-16(19)14(10-5-3-2-4-6-10)15(20-21)12-9-11(18)7-8-13(12)17/h2-9H,19H2,1H3. The molecule has 21 heavy (non-hydrogen) atoms. The number of hydrogen-bond acceptors (Lipinski definition) is 2. The van der Waals surface area contributed by atoms with Crippen molar-refractivity contribution in [3.05, 3.63) is 56.6 Å². The fourth-order valence-electron chi connectivity index (χ4n) is 2.29. The van der Waals surface area contributed by atoms with Crippen molar-refractivity contribution in [2.75, 3.05) is 5.73 Å². The Kier molecular flexibility index (Phi) is 4.03. The van der Waals surface area contributed by atoms with Crippen molar-refractivity contribution in [3.63, 3.8) is 0 Å². The highest BCUT2D eigenvalue weighted by Crippen LogP contribution is 2.39. The molecule has 0 atom stereocenters. The third kappa shape index (κ3) is 2.72. The first-order valence-corrected chi connectivity index (χ1v) is 8.28. The molecule has 3 aromatic rings. The van der Waals surface area contributed by atoms with Gasteiger partial charge in [0.25, 0.3) is 0 Å². The quantitative estimate of drug-likeness (QED) is 0.571. The van der Waals surface area contributed by atoms with E-state index in [0.717, 1.165) is 30.4 Å². The van der Waals surface area contributed by atoms with Crippen molar-refractivity contribution < 1.29 is 0 Å². The summed E-state index contributed by atoms with van der Waals surface area (Å²) in [5, 5.41) is 4.62. The molecule has 1 aromatic heterocycles. The van der Waals surface area contributed by atoms with E-state index in [4.69, 9.17) is 5.73 Å².